The van der Waals surface area contributed by atoms with Crippen LogP contribution in [0.3, 0.4) is 0 Å². The molecule has 0 radical (unpaired) electrons. The summed E-state index contributed by atoms with van der Waals surface area (Å²) in [5.41, 5.74) is 1.17. The Morgan fingerprint density at radius 2 is 2.24 bits per heavy atom. The van der Waals surface area contributed by atoms with Crippen LogP contribution in [0.2, 0.25) is 0 Å². The van der Waals surface area contributed by atoms with E-state index >= 15 is 0 Å². The van der Waals surface area contributed by atoms with E-state index in [2.05, 4.69) is 20.8 Å². The number of hydrogen-bond acceptors (Lipinski definition) is 6. The fourth-order valence-corrected chi connectivity index (χ4v) is 3.00. The van der Waals surface area contributed by atoms with Gasteiger partial charge in [-0.05, 0) is 32.6 Å². The lowest BCUT2D eigenvalue weighted by Crippen LogP contribution is -2.43. The number of nitrogens with one attached hydrogen (secondary N) is 1. The number of aryl methyl sites for hydroxylation is 2. The van der Waals surface area contributed by atoms with E-state index in [0.717, 1.165) is 12.8 Å². The molecule has 2 aromatic rings. The van der Waals surface area contributed by atoms with Crippen molar-refractivity contribution < 1.29 is 19.2 Å². The molecule has 2 N–H and O–H groups in total. The number of piperidine rings is 1. The van der Waals surface area contributed by atoms with Crippen molar-refractivity contribution in [3.05, 3.63) is 23.3 Å². The SMILES string of the molecule is Cc1noc(C)c1NC(=O)N1CCC[C@H](Cn2cc(C(=O)O)nn2)C1. The summed E-state index contributed by atoms with van der Waals surface area (Å²) >= 11 is 0. The number of rotatable bonds is 4. The standard InChI is InChI=1S/C15H20N6O4/c1-9-13(10(2)25-18-9)16-15(24)20-5-3-4-11(6-20)7-21-8-12(14(22)23)17-19-21/h8,11H,3-7H2,1-2H3,(H,16,24)(H,22,23)/t11-/m0/s1. The van der Waals surface area contributed by atoms with Gasteiger partial charge < -0.3 is 19.8 Å². The van der Waals surface area contributed by atoms with Gasteiger partial charge in [-0.1, -0.05) is 10.4 Å². The molecule has 1 saturated heterocycles. The van der Waals surface area contributed by atoms with Crippen LogP contribution >= 0.6 is 0 Å². The highest BCUT2D eigenvalue weighted by molar-refractivity contribution is 5.90. The lowest BCUT2D eigenvalue weighted by atomic mass is 9.98. The van der Waals surface area contributed by atoms with Crippen molar-refractivity contribution >= 4 is 17.7 Å². The molecule has 10 nitrogen and oxygen atoms in total. The summed E-state index contributed by atoms with van der Waals surface area (Å²) in [6.07, 6.45) is 3.22. The molecule has 1 aliphatic rings. The maximum absolute atomic E-state index is 12.5. The van der Waals surface area contributed by atoms with Gasteiger partial charge in [0.05, 0.1) is 6.20 Å². The zero-order valence-electron chi connectivity index (χ0n) is 14.1. The van der Waals surface area contributed by atoms with Gasteiger partial charge in [-0.15, -0.1) is 5.10 Å². The molecule has 134 valence electrons. The van der Waals surface area contributed by atoms with Crippen LogP contribution in [0.15, 0.2) is 10.7 Å². The molecule has 0 aromatic carbocycles. The van der Waals surface area contributed by atoms with Crippen molar-refractivity contribution in [3.8, 4) is 0 Å². The number of hydrogen-bond donors (Lipinski definition) is 2. The van der Waals surface area contributed by atoms with Crippen LogP contribution in [0.25, 0.3) is 0 Å². The highest BCUT2D eigenvalue weighted by Gasteiger charge is 2.26. The van der Waals surface area contributed by atoms with Crippen LogP contribution < -0.4 is 5.32 Å². The van der Waals surface area contributed by atoms with E-state index in [1.54, 1.807) is 18.7 Å². The van der Waals surface area contributed by atoms with Gasteiger partial charge in [-0.3, -0.25) is 4.68 Å². The van der Waals surface area contributed by atoms with E-state index in [-0.39, 0.29) is 17.6 Å². The Labute approximate surface area is 143 Å². The molecule has 2 aromatic heterocycles. The molecule has 3 rings (SSSR count). The number of anilines is 1. The Morgan fingerprint density at radius 1 is 1.44 bits per heavy atom. The maximum Gasteiger partial charge on any atom is 0.358 e. The first kappa shape index (κ1) is 16.9. The Balaban J connectivity index is 1.60. The number of aromatic carboxylic acids is 1. The summed E-state index contributed by atoms with van der Waals surface area (Å²) < 4.78 is 6.57. The van der Waals surface area contributed by atoms with E-state index in [1.165, 1.54) is 10.9 Å². The highest BCUT2D eigenvalue weighted by Crippen LogP contribution is 2.22. The first-order valence-corrected chi connectivity index (χ1v) is 8.06. The van der Waals surface area contributed by atoms with Crippen LogP contribution in [0, 0.1) is 19.8 Å². The van der Waals surface area contributed by atoms with Crippen molar-refractivity contribution in [2.24, 2.45) is 5.92 Å². The summed E-state index contributed by atoms with van der Waals surface area (Å²) in [7, 11) is 0. The second-order valence-electron chi connectivity index (χ2n) is 6.21. The maximum atomic E-state index is 12.5. The molecule has 3 heterocycles. The molecule has 0 bridgehead atoms. The normalized spacial score (nSPS) is 17.5. The average molecular weight is 348 g/mol. The third-order valence-corrected chi connectivity index (χ3v) is 4.27. The molecule has 25 heavy (non-hydrogen) atoms. The van der Waals surface area contributed by atoms with Gasteiger partial charge in [-0.25, -0.2) is 9.59 Å². The predicted octanol–water partition coefficient (Wildman–Crippen LogP) is 1.53. The van der Waals surface area contributed by atoms with Gasteiger partial charge in [0.1, 0.15) is 11.4 Å². The smallest absolute Gasteiger partial charge is 0.358 e. The minimum Gasteiger partial charge on any atom is -0.476 e. The molecule has 0 aliphatic carbocycles. The molecule has 0 spiro atoms. The van der Waals surface area contributed by atoms with Crippen LogP contribution in [0.5, 0.6) is 0 Å². The number of urea groups is 1. The molecule has 0 saturated carbocycles. The molecule has 10 heteroatoms. The average Bonchev–Trinajstić information content (AvgIpc) is 3.17. The number of carbonyl (C=O) groups is 2. The minimum atomic E-state index is -1.10. The van der Waals surface area contributed by atoms with Gasteiger partial charge in [0.2, 0.25) is 0 Å². The van der Waals surface area contributed by atoms with E-state index in [1.807, 2.05) is 0 Å². The number of carbonyl (C=O) groups excluding carboxylic acids is 1. The van der Waals surface area contributed by atoms with Crippen molar-refractivity contribution in [2.45, 2.75) is 33.2 Å². The number of carboxylic acid groups (broad SMARTS) is 1. The van der Waals surface area contributed by atoms with Gasteiger partial charge in [-0.2, -0.15) is 0 Å². The summed E-state index contributed by atoms with van der Waals surface area (Å²) in [6.45, 7) is 5.28. The first-order valence-electron chi connectivity index (χ1n) is 8.06. The van der Waals surface area contributed by atoms with Gasteiger partial charge in [0.15, 0.2) is 11.5 Å². The Morgan fingerprint density at radius 3 is 2.88 bits per heavy atom. The fraction of sp³-hybridized carbons (Fsp3) is 0.533. The van der Waals surface area contributed by atoms with Crippen molar-refractivity contribution in [3.63, 3.8) is 0 Å². The molecule has 1 aliphatic heterocycles. The molecular weight excluding hydrogens is 328 g/mol. The molecule has 1 fully saturated rings. The number of amides is 2. The number of nitrogens with zero attached hydrogens (tertiary/aromatic N) is 5. The zero-order chi connectivity index (χ0) is 18.0. The topological polar surface area (TPSA) is 126 Å². The van der Waals surface area contributed by atoms with Gasteiger partial charge >= 0.3 is 12.0 Å². The molecule has 2 amide bonds. The van der Waals surface area contributed by atoms with E-state index < -0.39 is 5.97 Å². The Kier molecular flexibility index (Phi) is 4.68. The quantitative estimate of drug-likeness (QED) is 0.857. The minimum absolute atomic E-state index is 0.0798. The lowest BCUT2D eigenvalue weighted by Gasteiger charge is -2.32. The van der Waals surface area contributed by atoms with Crippen LogP contribution in [-0.2, 0) is 6.54 Å². The van der Waals surface area contributed by atoms with Crippen LogP contribution in [-0.4, -0.2) is 55.2 Å². The molecule has 0 unspecified atom stereocenters. The fourth-order valence-electron chi connectivity index (χ4n) is 3.00. The van der Waals surface area contributed by atoms with Crippen molar-refractivity contribution in [1.82, 2.24) is 25.1 Å². The van der Waals surface area contributed by atoms with Crippen molar-refractivity contribution in [1.29, 1.82) is 0 Å². The second kappa shape index (κ2) is 6.91. The zero-order valence-corrected chi connectivity index (χ0v) is 14.1. The summed E-state index contributed by atoms with van der Waals surface area (Å²) in [4.78, 5) is 25.1. The van der Waals surface area contributed by atoms with E-state index in [9.17, 15) is 9.59 Å². The van der Waals surface area contributed by atoms with Crippen LogP contribution in [0.1, 0.15) is 34.8 Å². The van der Waals surface area contributed by atoms with E-state index in [0.29, 0.717) is 36.8 Å². The second-order valence-corrected chi connectivity index (χ2v) is 6.21. The van der Waals surface area contributed by atoms with Crippen molar-refractivity contribution in [2.75, 3.05) is 18.4 Å². The Hall–Kier alpha value is -2.91. The van der Waals surface area contributed by atoms with E-state index in [4.69, 9.17) is 9.63 Å². The lowest BCUT2D eigenvalue weighted by molar-refractivity contribution is 0.0690. The number of carboxylic acids is 1. The molecule has 1 atom stereocenters. The van der Waals surface area contributed by atoms with Gasteiger partial charge in [0.25, 0.3) is 0 Å². The number of likely N-dealkylation sites (tertiary alicyclic amines) is 1. The number of aromatic nitrogens is 4. The molecular formula is C15H20N6O4. The van der Waals surface area contributed by atoms with Crippen LogP contribution in [0.4, 0.5) is 10.5 Å². The highest BCUT2D eigenvalue weighted by atomic mass is 16.5. The predicted molar refractivity (Wildman–Crippen MR) is 86.3 cm³/mol. The summed E-state index contributed by atoms with van der Waals surface area (Å²) in [5, 5.41) is 23.0. The summed E-state index contributed by atoms with van der Waals surface area (Å²) in [6, 6.07) is -0.191. The summed E-state index contributed by atoms with van der Waals surface area (Å²) in [5.74, 6) is -0.342. The Bertz CT molecular complexity index is 763. The first-order chi connectivity index (χ1) is 11.9. The third-order valence-electron chi connectivity index (χ3n) is 4.27. The third kappa shape index (κ3) is 3.78. The monoisotopic (exact) mass is 348 g/mol. The largest absolute Gasteiger partial charge is 0.476 e. The van der Waals surface area contributed by atoms with Gasteiger partial charge in [0, 0.05) is 19.6 Å².